The lowest BCUT2D eigenvalue weighted by atomic mass is 10.2. The lowest BCUT2D eigenvalue weighted by Gasteiger charge is -2.11. The van der Waals surface area contributed by atoms with E-state index in [2.05, 4.69) is 10.3 Å². The number of halogens is 2. The van der Waals surface area contributed by atoms with Crippen molar-refractivity contribution in [2.45, 2.75) is 11.5 Å². The summed E-state index contributed by atoms with van der Waals surface area (Å²) in [5, 5.41) is 2.91. The lowest BCUT2D eigenvalue weighted by Crippen LogP contribution is -2.24. The summed E-state index contributed by atoms with van der Waals surface area (Å²) in [4.78, 5) is 3.67. The summed E-state index contributed by atoms with van der Waals surface area (Å²) < 4.78 is 43.0. The molecule has 0 saturated heterocycles. The Kier molecular flexibility index (Phi) is 8.96. The molecule has 6 nitrogen and oxygen atoms in total. The van der Waals surface area contributed by atoms with Gasteiger partial charge in [0.05, 0.1) is 18.9 Å². The van der Waals surface area contributed by atoms with Crippen LogP contribution in [0.2, 0.25) is 0 Å². The molecule has 0 unspecified atom stereocenters. The number of rotatable bonds is 7. The van der Waals surface area contributed by atoms with Crippen LogP contribution in [-0.2, 0) is 21.2 Å². The Morgan fingerprint density at radius 2 is 1.85 bits per heavy atom. The first kappa shape index (κ1) is 22.3. The van der Waals surface area contributed by atoms with Gasteiger partial charge in [0.25, 0.3) is 0 Å². The maximum atomic E-state index is 13.6. The van der Waals surface area contributed by atoms with Crippen molar-refractivity contribution in [2.24, 2.45) is 10.7 Å². The Morgan fingerprint density at radius 1 is 1.19 bits per heavy atom. The molecule has 0 aromatic heterocycles. The fraction of sp³-hybridized carbons (Fsp3) is 0.235. The Labute approximate surface area is 169 Å². The van der Waals surface area contributed by atoms with Crippen molar-refractivity contribution in [3.63, 3.8) is 0 Å². The van der Waals surface area contributed by atoms with Gasteiger partial charge in [0.1, 0.15) is 10.7 Å². The third-order valence-corrected chi connectivity index (χ3v) is 5.12. The van der Waals surface area contributed by atoms with Crippen LogP contribution in [0.3, 0.4) is 0 Å². The molecule has 0 aliphatic heterocycles. The molecule has 0 radical (unpaired) electrons. The van der Waals surface area contributed by atoms with E-state index in [-0.39, 0.29) is 47.1 Å². The molecule has 0 spiro atoms. The van der Waals surface area contributed by atoms with Gasteiger partial charge in [-0.15, -0.1) is 24.0 Å². The highest BCUT2D eigenvalue weighted by molar-refractivity contribution is 14.0. The molecule has 2 aromatic rings. The predicted molar refractivity (Wildman–Crippen MR) is 111 cm³/mol. The number of ether oxygens (including phenoxy) is 1. The van der Waals surface area contributed by atoms with Gasteiger partial charge in [-0.1, -0.05) is 30.3 Å². The fourth-order valence-corrected chi connectivity index (χ4v) is 3.40. The molecular weight excluding hydrogens is 472 g/mol. The Hall–Kier alpha value is -1.72. The number of guanidine groups is 1. The number of benzene rings is 2. The van der Waals surface area contributed by atoms with Crippen molar-refractivity contribution in [3.05, 3.63) is 59.9 Å². The zero-order chi connectivity index (χ0) is 18.3. The molecule has 142 valence electrons. The molecule has 0 fully saturated rings. The predicted octanol–water partition coefficient (Wildman–Crippen LogP) is 2.79. The summed E-state index contributed by atoms with van der Waals surface area (Å²) in [7, 11) is -2.18. The van der Waals surface area contributed by atoms with Crippen LogP contribution >= 0.6 is 24.0 Å². The third-order valence-electron chi connectivity index (χ3n) is 3.39. The molecule has 0 saturated carbocycles. The molecular formula is C17H21FIN3O3S. The van der Waals surface area contributed by atoms with Gasteiger partial charge in [-0.3, -0.25) is 4.99 Å². The van der Waals surface area contributed by atoms with Gasteiger partial charge >= 0.3 is 0 Å². The number of sulfone groups is 1. The third kappa shape index (κ3) is 6.22. The monoisotopic (exact) mass is 493 g/mol. The molecule has 0 atom stereocenters. The summed E-state index contributed by atoms with van der Waals surface area (Å²) in [5.74, 6) is -1.03. The fourth-order valence-electron chi connectivity index (χ4n) is 2.19. The van der Waals surface area contributed by atoms with Crippen LogP contribution in [0.25, 0.3) is 0 Å². The topological polar surface area (TPSA) is 93.8 Å². The normalized spacial score (nSPS) is 11.7. The number of hydrogen-bond acceptors (Lipinski definition) is 4. The lowest BCUT2D eigenvalue weighted by molar-refractivity contribution is 0.185. The Balaban J connectivity index is 0.00000338. The van der Waals surface area contributed by atoms with Crippen LogP contribution < -0.4 is 11.1 Å². The summed E-state index contributed by atoms with van der Waals surface area (Å²) in [6.45, 7) is 0.320. The molecule has 0 bridgehead atoms. The van der Waals surface area contributed by atoms with Crippen molar-refractivity contribution in [2.75, 3.05) is 24.7 Å². The van der Waals surface area contributed by atoms with E-state index in [1.807, 2.05) is 24.3 Å². The number of nitrogens with zero attached hydrogens (tertiary/aromatic N) is 1. The first-order valence-corrected chi connectivity index (χ1v) is 9.20. The van der Waals surface area contributed by atoms with E-state index in [0.717, 1.165) is 17.3 Å². The van der Waals surface area contributed by atoms with E-state index in [1.165, 1.54) is 18.2 Å². The van der Waals surface area contributed by atoms with Crippen molar-refractivity contribution >= 4 is 45.5 Å². The summed E-state index contributed by atoms with van der Waals surface area (Å²) in [6, 6.07) is 12.6. The number of nitrogens with two attached hydrogens (primary N) is 1. The van der Waals surface area contributed by atoms with Gasteiger partial charge in [0.2, 0.25) is 0 Å². The van der Waals surface area contributed by atoms with Gasteiger partial charge in [-0.05, 0) is 18.2 Å². The zero-order valence-corrected chi connectivity index (χ0v) is 17.3. The van der Waals surface area contributed by atoms with Crippen molar-refractivity contribution < 1.29 is 17.5 Å². The first-order chi connectivity index (χ1) is 11.9. The minimum absolute atomic E-state index is 0. The highest BCUT2D eigenvalue weighted by Crippen LogP contribution is 2.16. The van der Waals surface area contributed by atoms with E-state index in [0.29, 0.717) is 6.61 Å². The van der Waals surface area contributed by atoms with Crippen LogP contribution in [0.4, 0.5) is 10.1 Å². The number of para-hydroxylation sites is 1. The maximum absolute atomic E-state index is 13.6. The van der Waals surface area contributed by atoms with E-state index in [1.54, 1.807) is 7.11 Å². The summed E-state index contributed by atoms with van der Waals surface area (Å²) >= 11 is 0. The van der Waals surface area contributed by atoms with Gasteiger partial charge in [-0.25, -0.2) is 12.8 Å². The molecule has 3 N–H and O–H groups in total. The highest BCUT2D eigenvalue weighted by atomic mass is 127. The number of hydrogen-bond donors (Lipinski definition) is 2. The maximum Gasteiger partial charge on any atom is 0.193 e. The van der Waals surface area contributed by atoms with Crippen molar-refractivity contribution in [1.82, 2.24) is 0 Å². The minimum atomic E-state index is -3.76. The van der Waals surface area contributed by atoms with Crippen LogP contribution in [0.15, 0.2) is 58.4 Å². The number of anilines is 1. The molecule has 2 rings (SSSR count). The molecule has 0 amide bonds. The van der Waals surface area contributed by atoms with Crippen LogP contribution in [0, 0.1) is 5.82 Å². The second kappa shape index (κ2) is 10.4. The highest BCUT2D eigenvalue weighted by Gasteiger charge is 2.18. The zero-order valence-electron chi connectivity index (χ0n) is 14.2. The second-order valence-electron chi connectivity index (χ2n) is 5.23. The van der Waals surface area contributed by atoms with E-state index in [4.69, 9.17) is 10.5 Å². The average Bonchev–Trinajstić information content (AvgIpc) is 2.57. The SMILES string of the molecule is COCc1ccccc1NC(N)=NCCS(=O)(=O)c1ccccc1F.I. The number of methoxy groups -OCH3 is 1. The summed E-state index contributed by atoms with van der Waals surface area (Å²) in [6.07, 6.45) is 0. The molecule has 2 aromatic carbocycles. The number of aliphatic imine (C=N–C) groups is 1. The van der Waals surface area contributed by atoms with Gasteiger partial charge in [0, 0.05) is 18.4 Å². The Bertz CT molecular complexity index is 860. The smallest absolute Gasteiger partial charge is 0.193 e. The van der Waals surface area contributed by atoms with Gasteiger partial charge in [-0.2, -0.15) is 0 Å². The minimum Gasteiger partial charge on any atom is -0.380 e. The quantitative estimate of drug-likeness (QED) is 0.352. The number of nitrogens with one attached hydrogen (secondary N) is 1. The van der Waals surface area contributed by atoms with Crippen LogP contribution in [0.1, 0.15) is 5.56 Å². The van der Waals surface area contributed by atoms with Crippen molar-refractivity contribution in [3.8, 4) is 0 Å². The van der Waals surface area contributed by atoms with E-state index in [9.17, 15) is 12.8 Å². The molecule has 0 heterocycles. The second-order valence-corrected chi connectivity index (χ2v) is 7.31. The summed E-state index contributed by atoms with van der Waals surface area (Å²) in [5.41, 5.74) is 7.41. The molecule has 9 heteroatoms. The molecule has 0 aliphatic carbocycles. The largest absolute Gasteiger partial charge is 0.380 e. The first-order valence-electron chi connectivity index (χ1n) is 7.55. The van der Waals surface area contributed by atoms with E-state index < -0.39 is 15.7 Å². The van der Waals surface area contributed by atoms with Crippen LogP contribution in [-0.4, -0.2) is 33.8 Å². The average molecular weight is 493 g/mol. The van der Waals surface area contributed by atoms with Gasteiger partial charge in [0.15, 0.2) is 15.8 Å². The standard InChI is InChI=1S/C17H20FN3O3S.HI/c1-24-12-13-6-2-4-8-15(13)21-17(19)20-10-11-25(22,23)16-9-5-3-7-14(16)18;/h2-9H,10-12H2,1H3,(H3,19,20,21);1H. The van der Waals surface area contributed by atoms with Crippen LogP contribution in [0.5, 0.6) is 0 Å². The Morgan fingerprint density at radius 3 is 2.54 bits per heavy atom. The van der Waals surface area contributed by atoms with Crippen molar-refractivity contribution in [1.29, 1.82) is 0 Å². The molecule has 26 heavy (non-hydrogen) atoms. The molecule has 0 aliphatic rings. The van der Waals surface area contributed by atoms with Gasteiger partial charge < -0.3 is 15.8 Å². The van der Waals surface area contributed by atoms with E-state index >= 15 is 0 Å².